The van der Waals surface area contributed by atoms with Crippen LogP contribution in [0.2, 0.25) is 0 Å². The lowest BCUT2D eigenvalue weighted by Crippen LogP contribution is -2.63. The first kappa shape index (κ1) is 22.8. The van der Waals surface area contributed by atoms with Crippen molar-refractivity contribution in [1.82, 2.24) is 0 Å². The number of halogens is 10. The number of hydrogen-bond acceptors (Lipinski definition) is 2. The third kappa shape index (κ3) is 4.68. The van der Waals surface area contributed by atoms with Crippen LogP contribution in [-0.2, 0) is 0 Å². The molecule has 0 aromatic rings. The fraction of sp³-hybridized carbons (Fsp3) is 1.00. The number of hydrogen-bond donors (Lipinski definition) is 2. The fourth-order valence-corrected chi connectivity index (χ4v) is 2.51. The van der Waals surface area contributed by atoms with Crippen molar-refractivity contribution in [2.75, 3.05) is 13.2 Å². The Morgan fingerprint density at radius 3 is 1.05 bits per heavy atom. The van der Waals surface area contributed by atoms with E-state index in [9.17, 15) is 35.1 Å². The molecule has 0 unspecified atom stereocenters. The predicted octanol–water partition coefficient (Wildman–Crippen LogP) is 3.90. The Bertz CT molecular complexity index is 333. The highest BCUT2D eigenvalue weighted by Crippen LogP contribution is 2.55. The zero-order valence-electron chi connectivity index (χ0n) is 10.7. The van der Waals surface area contributed by atoms with Crippen LogP contribution in [0.3, 0.4) is 0 Å². The minimum absolute atomic E-state index is 1.01. The highest BCUT2D eigenvalue weighted by atomic mass is 127. The predicted molar refractivity (Wildman–Crippen MR) is 78.8 cm³/mol. The number of aliphatic hydroxyl groups is 2. The lowest BCUT2D eigenvalue weighted by atomic mass is 9.93. The van der Waals surface area contributed by atoms with Crippen LogP contribution in [0, 0.1) is 0 Å². The quantitative estimate of drug-likeness (QED) is 0.251. The standard InChI is InChI=1S/C10H12F8I2O2/c11-7(12,1-5(19)3-21)9(15,16)10(17,18)8(13,14)2-6(20)4-22/h5-6,21-22H,1-4H2/t5-,6-/m0/s1. The van der Waals surface area contributed by atoms with Crippen LogP contribution >= 0.6 is 45.2 Å². The van der Waals surface area contributed by atoms with E-state index in [0.717, 1.165) is 45.2 Å². The lowest BCUT2D eigenvalue weighted by Gasteiger charge is -2.37. The van der Waals surface area contributed by atoms with Gasteiger partial charge >= 0.3 is 23.7 Å². The Labute approximate surface area is 147 Å². The van der Waals surface area contributed by atoms with Gasteiger partial charge in [0, 0.05) is 20.7 Å². The Kier molecular flexibility index (Phi) is 8.09. The second-order valence-corrected chi connectivity index (χ2v) is 8.05. The van der Waals surface area contributed by atoms with Crippen molar-refractivity contribution < 1.29 is 45.3 Å². The van der Waals surface area contributed by atoms with Crippen LogP contribution in [-0.4, -0.2) is 55.0 Å². The largest absolute Gasteiger partial charge is 0.395 e. The third-order valence-electron chi connectivity index (χ3n) is 2.66. The zero-order chi connectivity index (χ0) is 18.0. The fourth-order valence-electron chi connectivity index (χ4n) is 1.40. The first-order valence-corrected chi connectivity index (χ1v) is 8.16. The molecule has 0 aliphatic rings. The van der Waals surface area contributed by atoms with Gasteiger partial charge in [-0.25, -0.2) is 0 Å². The van der Waals surface area contributed by atoms with E-state index >= 15 is 0 Å². The molecule has 134 valence electrons. The van der Waals surface area contributed by atoms with Crippen molar-refractivity contribution >= 4 is 45.2 Å². The van der Waals surface area contributed by atoms with Gasteiger partial charge in [0.1, 0.15) is 0 Å². The van der Waals surface area contributed by atoms with E-state index in [0.29, 0.717) is 0 Å². The molecule has 0 fully saturated rings. The average molecular weight is 570 g/mol. The smallest absolute Gasteiger partial charge is 0.378 e. The lowest BCUT2D eigenvalue weighted by molar-refractivity contribution is -0.367. The number of alkyl halides is 10. The van der Waals surface area contributed by atoms with Crippen molar-refractivity contribution in [3.63, 3.8) is 0 Å². The molecule has 2 atom stereocenters. The summed E-state index contributed by atoms with van der Waals surface area (Å²) < 4.78 is 104. The summed E-state index contributed by atoms with van der Waals surface area (Å²) >= 11 is 2.23. The van der Waals surface area contributed by atoms with E-state index in [4.69, 9.17) is 10.2 Å². The molecule has 0 amide bonds. The van der Waals surface area contributed by atoms with Gasteiger partial charge in [-0.05, 0) is 0 Å². The molecule has 0 aromatic heterocycles. The average Bonchev–Trinajstić information content (AvgIpc) is 2.36. The van der Waals surface area contributed by atoms with Crippen LogP contribution < -0.4 is 0 Å². The van der Waals surface area contributed by atoms with Gasteiger partial charge in [0.05, 0.1) is 13.2 Å². The van der Waals surface area contributed by atoms with Crippen molar-refractivity contribution in [1.29, 1.82) is 0 Å². The summed E-state index contributed by atoms with van der Waals surface area (Å²) in [5.41, 5.74) is 0. The van der Waals surface area contributed by atoms with E-state index in [1.54, 1.807) is 0 Å². The van der Waals surface area contributed by atoms with Crippen molar-refractivity contribution in [2.45, 2.75) is 44.4 Å². The maximum absolute atomic E-state index is 13.4. The second-order valence-electron chi connectivity index (χ2n) is 4.53. The van der Waals surface area contributed by atoms with E-state index in [2.05, 4.69) is 0 Å². The Balaban J connectivity index is 5.54. The van der Waals surface area contributed by atoms with Crippen LogP contribution in [0.15, 0.2) is 0 Å². The topological polar surface area (TPSA) is 40.5 Å². The zero-order valence-corrected chi connectivity index (χ0v) is 15.0. The monoisotopic (exact) mass is 570 g/mol. The summed E-state index contributed by atoms with van der Waals surface area (Å²) in [4.78, 5) is 0. The van der Waals surface area contributed by atoms with E-state index in [1.807, 2.05) is 0 Å². The molecule has 2 N–H and O–H groups in total. The second kappa shape index (κ2) is 7.80. The van der Waals surface area contributed by atoms with Gasteiger partial charge in [-0.2, -0.15) is 35.1 Å². The van der Waals surface area contributed by atoms with Gasteiger partial charge in [0.25, 0.3) is 0 Å². The molecule has 0 spiro atoms. The maximum Gasteiger partial charge on any atom is 0.378 e. The summed E-state index contributed by atoms with van der Waals surface area (Å²) in [6.45, 7) is -2.01. The summed E-state index contributed by atoms with van der Waals surface area (Å²) in [7, 11) is 0. The Morgan fingerprint density at radius 1 is 0.636 bits per heavy atom. The van der Waals surface area contributed by atoms with Crippen molar-refractivity contribution in [2.24, 2.45) is 0 Å². The Hall–Kier alpha value is 0.820. The molecule has 0 saturated heterocycles. The van der Waals surface area contributed by atoms with Gasteiger partial charge in [0.2, 0.25) is 0 Å². The first-order valence-electron chi connectivity index (χ1n) is 5.67. The maximum atomic E-state index is 13.4. The van der Waals surface area contributed by atoms with Gasteiger partial charge in [-0.15, -0.1) is 0 Å². The molecular formula is C10H12F8I2O2. The van der Waals surface area contributed by atoms with Crippen LogP contribution in [0.4, 0.5) is 35.1 Å². The summed E-state index contributed by atoms with van der Waals surface area (Å²) in [6, 6.07) is 0. The molecule has 2 nitrogen and oxygen atoms in total. The molecule has 0 heterocycles. The molecule has 0 aliphatic heterocycles. The van der Waals surface area contributed by atoms with Crippen LogP contribution in [0.1, 0.15) is 12.8 Å². The third-order valence-corrected chi connectivity index (χ3v) is 4.33. The summed E-state index contributed by atoms with van der Waals surface area (Å²) in [5.74, 6) is -23.6. The highest BCUT2D eigenvalue weighted by molar-refractivity contribution is 14.1. The highest BCUT2D eigenvalue weighted by Gasteiger charge is 2.80. The molecule has 0 aromatic carbocycles. The number of aliphatic hydroxyl groups excluding tert-OH is 2. The van der Waals surface area contributed by atoms with Crippen LogP contribution in [0.5, 0.6) is 0 Å². The molecular weight excluding hydrogens is 558 g/mol. The first-order chi connectivity index (χ1) is 9.66. The van der Waals surface area contributed by atoms with E-state index < -0.39 is 57.6 Å². The molecule has 0 aliphatic carbocycles. The summed E-state index contributed by atoms with van der Waals surface area (Å²) in [6.07, 6.45) is -3.78. The minimum atomic E-state index is -6.33. The van der Waals surface area contributed by atoms with E-state index in [-0.39, 0.29) is 0 Å². The van der Waals surface area contributed by atoms with Gasteiger partial charge in [0.15, 0.2) is 0 Å². The molecule has 12 heteroatoms. The van der Waals surface area contributed by atoms with Gasteiger partial charge in [-0.3, -0.25) is 0 Å². The summed E-state index contributed by atoms with van der Waals surface area (Å²) in [5, 5.41) is 17.1. The molecule has 22 heavy (non-hydrogen) atoms. The van der Waals surface area contributed by atoms with Gasteiger partial charge in [-0.1, -0.05) is 45.2 Å². The normalized spacial score (nSPS) is 17.5. The minimum Gasteiger partial charge on any atom is -0.395 e. The van der Waals surface area contributed by atoms with E-state index in [1.165, 1.54) is 0 Å². The number of rotatable bonds is 9. The SMILES string of the molecule is OC[C@@H](I)CC(F)(F)C(F)(F)C(F)(F)C(F)(F)C[C@H](I)CO. The van der Waals surface area contributed by atoms with Crippen LogP contribution in [0.25, 0.3) is 0 Å². The molecule has 0 radical (unpaired) electrons. The van der Waals surface area contributed by atoms with Gasteiger partial charge < -0.3 is 10.2 Å². The Morgan fingerprint density at radius 2 is 0.864 bits per heavy atom. The molecule has 0 bridgehead atoms. The molecule has 0 saturated carbocycles. The van der Waals surface area contributed by atoms with Crippen molar-refractivity contribution in [3.05, 3.63) is 0 Å². The molecule has 0 rings (SSSR count). The van der Waals surface area contributed by atoms with Crippen molar-refractivity contribution in [3.8, 4) is 0 Å².